The Balaban J connectivity index is 4.29. The molecule has 0 aliphatic rings. The Morgan fingerprint density at radius 1 is 0.627 bits per heavy atom. The summed E-state index contributed by atoms with van der Waals surface area (Å²) >= 11 is 0. The molecule has 0 heterocycles. The second-order valence-corrected chi connectivity index (χ2v) is 13.2. The number of unbranched alkanes of at least 4 members (excludes halogenated alkanes) is 5. The highest BCUT2D eigenvalue weighted by Crippen LogP contribution is 2.35. The summed E-state index contributed by atoms with van der Waals surface area (Å²) in [5, 5.41) is 10.2. The van der Waals surface area contributed by atoms with Crippen molar-refractivity contribution >= 4 is 19.8 Å². The summed E-state index contributed by atoms with van der Waals surface area (Å²) in [4.78, 5) is 42.7. The zero-order chi connectivity index (χ0) is 37.7. The lowest BCUT2D eigenvalue weighted by Gasteiger charge is -2.18. The smallest absolute Gasteiger partial charge is 0.462 e. The van der Waals surface area contributed by atoms with Gasteiger partial charge < -0.3 is 24.4 Å². The number of aliphatic hydroxyl groups is 1. The van der Waals surface area contributed by atoms with Crippen LogP contribution in [-0.2, 0) is 28.2 Å². The van der Waals surface area contributed by atoms with E-state index in [0.717, 1.165) is 57.8 Å². The van der Waals surface area contributed by atoms with Gasteiger partial charge in [0, 0.05) is 12.8 Å². The van der Waals surface area contributed by atoms with Crippen LogP contribution < -0.4 is 0 Å². The molecule has 0 unspecified atom stereocenters. The van der Waals surface area contributed by atoms with Crippen LogP contribution in [0.25, 0.3) is 0 Å². The minimum atomic E-state index is -4.82. The maximum Gasteiger partial charge on any atom is 0.469 e. The predicted molar refractivity (Wildman–Crippen MR) is 208 cm³/mol. The van der Waals surface area contributed by atoms with Crippen LogP contribution in [0.2, 0.25) is 0 Å². The highest BCUT2D eigenvalue weighted by molar-refractivity contribution is 7.46. The molecule has 0 saturated carbocycles. The summed E-state index contributed by atoms with van der Waals surface area (Å²) in [6.07, 6.45) is 44.5. The molecule has 0 aliphatic carbocycles. The molecule has 0 fully saturated rings. The Labute approximate surface area is 307 Å². The van der Waals surface area contributed by atoms with Gasteiger partial charge in [-0.3, -0.25) is 14.1 Å². The van der Waals surface area contributed by atoms with E-state index in [1.165, 1.54) is 19.3 Å². The minimum Gasteiger partial charge on any atom is -0.462 e. The molecule has 0 aromatic heterocycles. The van der Waals surface area contributed by atoms with Gasteiger partial charge in [0.25, 0.3) is 0 Å². The van der Waals surface area contributed by atoms with E-state index in [9.17, 15) is 19.3 Å². The van der Waals surface area contributed by atoms with Crippen molar-refractivity contribution in [2.24, 2.45) is 0 Å². The lowest BCUT2D eigenvalue weighted by Crippen LogP contribution is -2.29. The van der Waals surface area contributed by atoms with Crippen LogP contribution in [0, 0.1) is 0 Å². The summed E-state index contributed by atoms with van der Waals surface area (Å²) in [5.74, 6) is -1.15. The number of carbonyl (C=O) groups excluding carboxylic acids is 2. The van der Waals surface area contributed by atoms with E-state index in [1.54, 1.807) is 12.2 Å². The average molecular weight is 733 g/mol. The van der Waals surface area contributed by atoms with Gasteiger partial charge in [-0.25, -0.2) is 4.57 Å². The third-order valence-electron chi connectivity index (χ3n) is 7.19. The van der Waals surface area contributed by atoms with E-state index in [-0.39, 0.29) is 19.4 Å². The second kappa shape index (κ2) is 35.3. The van der Waals surface area contributed by atoms with Crippen molar-refractivity contribution in [2.75, 3.05) is 13.2 Å². The maximum atomic E-state index is 12.4. The second-order valence-electron chi connectivity index (χ2n) is 12.0. The summed E-state index contributed by atoms with van der Waals surface area (Å²) in [5.41, 5.74) is 0. The Morgan fingerprint density at radius 2 is 1.16 bits per heavy atom. The topological polar surface area (TPSA) is 140 Å². The van der Waals surface area contributed by atoms with Gasteiger partial charge in [-0.1, -0.05) is 124 Å². The molecule has 0 aromatic rings. The summed E-state index contributed by atoms with van der Waals surface area (Å²) in [7, 11) is -4.82. The first-order chi connectivity index (χ1) is 24.7. The summed E-state index contributed by atoms with van der Waals surface area (Å²) in [6, 6.07) is 0. The molecule has 0 saturated heterocycles. The number of aliphatic hydroxyl groups excluding tert-OH is 1. The zero-order valence-electron chi connectivity index (χ0n) is 31.1. The maximum absolute atomic E-state index is 12.4. The molecular weight excluding hydrogens is 667 g/mol. The number of hydrogen-bond acceptors (Lipinski definition) is 7. The number of hydrogen-bond donors (Lipinski definition) is 3. The summed E-state index contributed by atoms with van der Waals surface area (Å²) in [6.45, 7) is 3.31. The lowest BCUT2D eigenvalue weighted by molar-refractivity contribution is -0.161. The quantitative estimate of drug-likeness (QED) is 0.0203. The standard InChI is InChI=1S/C41H65O9P/c1-3-5-7-9-11-13-15-17-18-20-22-24-26-28-30-34-40(43)48-36-39(37-49-51(45,46)47)50-41(44)35-31-33-38(42)32-29-27-25-23-21-19-16-14-12-10-8-6-4-2/h5,7,11-14,17-19,21-22,24-25,27,29,32,38-39,42H,3-4,6,8-10,15-16,20,23,26,28,30-31,33-37H2,1-2H3,(H2,45,46,47)/b7-5-,13-11-,14-12-,18-17-,21-19-,24-22-,27-25-,32-29+/t38-,39+/m0/s1. The van der Waals surface area contributed by atoms with Crippen LogP contribution in [0.4, 0.5) is 0 Å². The first-order valence-corrected chi connectivity index (χ1v) is 20.2. The molecule has 0 bridgehead atoms. The third kappa shape index (κ3) is 38.0. The fourth-order valence-corrected chi connectivity index (χ4v) is 4.77. The fourth-order valence-electron chi connectivity index (χ4n) is 4.41. The van der Waals surface area contributed by atoms with Gasteiger partial charge >= 0.3 is 19.8 Å². The number of phosphoric acid groups is 1. The van der Waals surface area contributed by atoms with Crippen LogP contribution in [0.5, 0.6) is 0 Å². The molecule has 9 nitrogen and oxygen atoms in total. The fraction of sp³-hybridized carbons (Fsp3) is 0.561. The van der Waals surface area contributed by atoms with Gasteiger partial charge in [0.15, 0.2) is 6.10 Å². The Hall–Kier alpha value is -3.07. The first-order valence-electron chi connectivity index (χ1n) is 18.6. The first kappa shape index (κ1) is 47.9. The SMILES string of the molecule is CC/C=C\C/C=C\C/C=C\C/C=C\CCCCC(=O)OC[C@H](COP(=O)(O)O)OC(=O)CCC[C@@H](O)/C=C/C=C\C/C=C\C/C=C\CCCCC. The molecule has 0 aromatic carbocycles. The molecule has 10 heteroatoms. The number of allylic oxidation sites excluding steroid dienone is 15. The van der Waals surface area contributed by atoms with Crippen LogP contribution in [-0.4, -0.2) is 52.3 Å². The normalized spacial score (nSPS) is 14.2. The van der Waals surface area contributed by atoms with Gasteiger partial charge in [-0.05, 0) is 83.5 Å². The third-order valence-corrected chi connectivity index (χ3v) is 7.68. The molecule has 288 valence electrons. The van der Waals surface area contributed by atoms with Gasteiger partial charge in [0.05, 0.1) is 12.7 Å². The van der Waals surface area contributed by atoms with Crippen LogP contribution in [0.1, 0.15) is 123 Å². The molecule has 2 atom stereocenters. The number of ether oxygens (including phenoxy) is 2. The average Bonchev–Trinajstić information content (AvgIpc) is 3.09. The largest absolute Gasteiger partial charge is 0.469 e. The number of phosphoric ester groups is 1. The van der Waals surface area contributed by atoms with Gasteiger partial charge in [0.2, 0.25) is 0 Å². The molecule has 0 spiro atoms. The van der Waals surface area contributed by atoms with Gasteiger partial charge in [0.1, 0.15) is 6.61 Å². The van der Waals surface area contributed by atoms with E-state index >= 15 is 0 Å². The zero-order valence-corrected chi connectivity index (χ0v) is 32.0. The van der Waals surface area contributed by atoms with E-state index in [4.69, 9.17) is 19.3 Å². The minimum absolute atomic E-state index is 0.0315. The molecule has 51 heavy (non-hydrogen) atoms. The monoisotopic (exact) mass is 732 g/mol. The predicted octanol–water partition coefficient (Wildman–Crippen LogP) is 10.0. The Bertz CT molecular complexity index is 1160. The molecule has 0 radical (unpaired) electrons. The van der Waals surface area contributed by atoms with Gasteiger partial charge in [-0.15, -0.1) is 0 Å². The lowest BCUT2D eigenvalue weighted by atomic mass is 10.1. The molecule has 3 N–H and O–H groups in total. The van der Waals surface area contributed by atoms with E-state index in [1.807, 2.05) is 12.2 Å². The van der Waals surface area contributed by atoms with Gasteiger partial charge in [-0.2, -0.15) is 0 Å². The van der Waals surface area contributed by atoms with Crippen LogP contribution >= 0.6 is 7.82 Å². The van der Waals surface area contributed by atoms with Crippen molar-refractivity contribution in [1.29, 1.82) is 0 Å². The molecular formula is C41H65O9P. The van der Waals surface area contributed by atoms with E-state index in [2.05, 4.69) is 91.3 Å². The number of rotatable bonds is 32. The van der Waals surface area contributed by atoms with Crippen molar-refractivity contribution in [2.45, 2.75) is 135 Å². The van der Waals surface area contributed by atoms with Crippen LogP contribution in [0.3, 0.4) is 0 Å². The highest BCUT2D eigenvalue weighted by Gasteiger charge is 2.23. The highest BCUT2D eigenvalue weighted by atomic mass is 31.2. The van der Waals surface area contributed by atoms with Crippen molar-refractivity contribution < 1.29 is 43.0 Å². The van der Waals surface area contributed by atoms with Crippen molar-refractivity contribution in [3.63, 3.8) is 0 Å². The number of carbonyl (C=O) groups is 2. The summed E-state index contributed by atoms with van der Waals surface area (Å²) < 4.78 is 26.1. The van der Waals surface area contributed by atoms with E-state index in [0.29, 0.717) is 19.3 Å². The van der Waals surface area contributed by atoms with Crippen molar-refractivity contribution in [3.05, 3.63) is 97.2 Å². The Kier molecular flexibility index (Phi) is 33.2. The molecule has 0 aliphatic heterocycles. The molecule has 0 rings (SSSR count). The van der Waals surface area contributed by atoms with Crippen molar-refractivity contribution in [1.82, 2.24) is 0 Å². The van der Waals surface area contributed by atoms with E-state index < -0.39 is 38.6 Å². The Morgan fingerprint density at radius 3 is 1.73 bits per heavy atom. The molecule has 0 amide bonds. The number of esters is 2. The van der Waals surface area contributed by atoms with Crippen molar-refractivity contribution in [3.8, 4) is 0 Å². The van der Waals surface area contributed by atoms with Crippen LogP contribution in [0.15, 0.2) is 97.2 Å².